The third kappa shape index (κ3) is 1.94. The second-order valence-electron chi connectivity index (χ2n) is 4.45. The van der Waals surface area contributed by atoms with Crippen LogP contribution in [0.3, 0.4) is 0 Å². The number of carbonyl (C=O) groups excluding carboxylic acids is 2. The molecular weight excluding hydrogens is 270 g/mol. The Morgan fingerprint density at radius 2 is 1.52 bits per heavy atom. The maximum absolute atomic E-state index is 12.4. The van der Waals surface area contributed by atoms with Gasteiger partial charge < -0.3 is 9.47 Å². The molecule has 0 bridgehead atoms. The smallest absolute Gasteiger partial charge is 0.266 e. The van der Waals surface area contributed by atoms with E-state index in [2.05, 4.69) is 6.07 Å². The molecule has 5 nitrogen and oxygen atoms in total. The summed E-state index contributed by atoms with van der Waals surface area (Å²) in [5.74, 6) is 0.193. The van der Waals surface area contributed by atoms with E-state index in [9.17, 15) is 9.59 Å². The molecule has 1 aliphatic rings. The summed E-state index contributed by atoms with van der Waals surface area (Å²) < 4.78 is 10.3. The summed E-state index contributed by atoms with van der Waals surface area (Å²) in [5.41, 5.74) is 1.12. The van der Waals surface area contributed by atoms with E-state index in [0.717, 1.165) is 4.90 Å². The second-order valence-corrected chi connectivity index (χ2v) is 4.45. The van der Waals surface area contributed by atoms with Crippen LogP contribution < -0.4 is 14.4 Å². The molecule has 21 heavy (non-hydrogen) atoms. The summed E-state index contributed by atoms with van der Waals surface area (Å²) in [6.45, 7) is 0. The van der Waals surface area contributed by atoms with Crippen LogP contribution in [0, 0.1) is 6.07 Å². The first-order valence-corrected chi connectivity index (χ1v) is 6.29. The van der Waals surface area contributed by atoms with E-state index in [-0.39, 0.29) is 11.8 Å². The number of hydrogen-bond acceptors (Lipinski definition) is 4. The number of methoxy groups -OCH3 is 2. The molecule has 3 rings (SSSR count). The van der Waals surface area contributed by atoms with Crippen molar-refractivity contribution in [2.75, 3.05) is 19.1 Å². The van der Waals surface area contributed by atoms with Crippen LogP contribution in [0.1, 0.15) is 20.7 Å². The van der Waals surface area contributed by atoms with Gasteiger partial charge in [-0.2, -0.15) is 0 Å². The first-order chi connectivity index (χ1) is 10.2. The molecule has 0 spiro atoms. The van der Waals surface area contributed by atoms with Crippen LogP contribution in [0.2, 0.25) is 0 Å². The van der Waals surface area contributed by atoms with Gasteiger partial charge >= 0.3 is 0 Å². The van der Waals surface area contributed by atoms with Gasteiger partial charge in [-0.05, 0) is 18.2 Å². The Labute approximate surface area is 121 Å². The molecule has 1 heterocycles. The lowest BCUT2D eigenvalue weighted by molar-refractivity contribution is 0.0926. The maximum Gasteiger partial charge on any atom is 0.266 e. The van der Waals surface area contributed by atoms with Gasteiger partial charge in [-0.1, -0.05) is 12.1 Å². The third-order valence-corrected chi connectivity index (χ3v) is 3.34. The molecule has 105 valence electrons. The highest BCUT2D eigenvalue weighted by Gasteiger charge is 2.36. The number of amides is 2. The molecule has 1 aliphatic heterocycles. The van der Waals surface area contributed by atoms with Gasteiger partial charge in [0.25, 0.3) is 11.8 Å². The maximum atomic E-state index is 12.4. The van der Waals surface area contributed by atoms with E-state index in [4.69, 9.17) is 9.47 Å². The first kappa shape index (κ1) is 13.2. The highest BCUT2D eigenvalue weighted by Crippen LogP contribution is 2.34. The Kier molecular flexibility index (Phi) is 3.10. The molecular formula is C16H12NO4. The van der Waals surface area contributed by atoms with Gasteiger partial charge in [-0.15, -0.1) is 0 Å². The van der Waals surface area contributed by atoms with E-state index in [1.54, 1.807) is 30.3 Å². The Morgan fingerprint density at radius 1 is 0.952 bits per heavy atom. The van der Waals surface area contributed by atoms with Crippen molar-refractivity contribution in [3.05, 3.63) is 53.6 Å². The van der Waals surface area contributed by atoms with Crippen LogP contribution >= 0.6 is 0 Å². The fraction of sp³-hybridized carbons (Fsp3) is 0.125. The highest BCUT2D eigenvalue weighted by atomic mass is 16.5. The summed E-state index contributed by atoms with van der Waals surface area (Å²) in [6.07, 6.45) is 0. The van der Waals surface area contributed by atoms with Crippen molar-refractivity contribution in [1.82, 2.24) is 0 Å². The van der Waals surface area contributed by atoms with Gasteiger partial charge in [0.05, 0.1) is 31.0 Å². The van der Waals surface area contributed by atoms with E-state index in [0.29, 0.717) is 28.3 Å². The van der Waals surface area contributed by atoms with Crippen molar-refractivity contribution in [3.8, 4) is 11.5 Å². The van der Waals surface area contributed by atoms with Crippen LogP contribution in [0.4, 0.5) is 5.69 Å². The summed E-state index contributed by atoms with van der Waals surface area (Å²) >= 11 is 0. The summed E-state index contributed by atoms with van der Waals surface area (Å²) in [7, 11) is 3.00. The Morgan fingerprint density at radius 3 is 2.05 bits per heavy atom. The number of anilines is 1. The topological polar surface area (TPSA) is 55.8 Å². The van der Waals surface area contributed by atoms with E-state index in [1.807, 2.05) is 0 Å². The van der Waals surface area contributed by atoms with Gasteiger partial charge in [0, 0.05) is 12.1 Å². The molecule has 0 saturated heterocycles. The predicted molar refractivity (Wildman–Crippen MR) is 76.0 cm³/mol. The average molecular weight is 282 g/mol. The molecule has 0 N–H and O–H groups in total. The van der Waals surface area contributed by atoms with Gasteiger partial charge in [0.2, 0.25) is 0 Å². The monoisotopic (exact) mass is 282 g/mol. The lowest BCUT2D eigenvalue weighted by atomic mass is 10.1. The van der Waals surface area contributed by atoms with Crippen molar-refractivity contribution < 1.29 is 19.1 Å². The van der Waals surface area contributed by atoms with Crippen LogP contribution in [-0.4, -0.2) is 26.0 Å². The molecule has 0 atom stereocenters. The van der Waals surface area contributed by atoms with Crippen molar-refractivity contribution in [1.29, 1.82) is 0 Å². The Hall–Kier alpha value is -2.82. The van der Waals surface area contributed by atoms with Crippen molar-refractivity contribution in [3.63, 3.8) is 0 Å². The summed E-state index contributed by atoms with van der Waals surface area (Å²) in [5, 5.41) is 0. The normalized spacial score (nSPS) is 13.3. The lowest BCUT2D eigenvalue weighted by Gasteiger charge is -2.15. The number of hydrogen-bond donors (Lipinski definition) is 0. The van der Waals surface area contributed by atoms with Crippen LogP contribution in [0.15, 0.2) is 36.4 Å². The fourth-order valence-electron chi connectivity index (χ4n) is 2.30. The van der Waals surface area contributed by atoms with Crippen molar-refractivity contribution >= 4 is 17.5 Å². The molecule has 5 heteroatoms. The van der Waals surface area contributed by atoms with Gasteiger partial charge in [0.15, 0.2) is 11.5 Å². The molecule has 0 unspecified atom stereocenters. The minimum absolute atomic E-state index is 0.332. The van der Waals surface area contributed by atoms with E-state index in [1.165, 1.54) is 20.3 Å². The summed E-state index contributed by atoms with van der Waals surface area (Å²) in [6, 6.07) is 12.7. The van der Waals surface area contributed by atoms with E-state index >= 15 is 0 Å². The number of benzene rings is 2. The molecule has 0 fully saturated rings. The minimum atomic E-state index is -0.362. The van der Waals surface area contributed by atoms with Crippen LogP contribution in [0.25, 0.3) is 0 Å². The Bertz CT molecular complexity index is 704. The van der Waals surface area contributed by atoms with Crippen molar-refractivity contribution in [2.24, 2.45) is 0 Å². The number of ether oxygens (including phenoxy) is 2. The van der Waals surface area contributed by atoms with Crippen LogP contribution in [-0.2, 0) is 0 Å². The molecule has 0 aromatic heterocycles. The highest BCUT2D eigenvalue weighted by molar-refractivity contribution is 6.34. The Balaban J connectivity index is 2.07. The van der Waals surface area contributed by atoms with Gasteiger partial charge in [0.1, 0.15) is 0 Å². The number of imide groups is 1. The lowest BCUT2D eigenvalue weighted by Crippen LogP contribution is -2.29. The molecule has 2 aromatic rings. The first-order valence-electron chi connectivity index (χ1n) is 6.29. The minimum Gasteiger partial charge on any atom is -0.493 e. The standard InChI is InChI=1S/C16H12NO4/c1-20-13-8-7-10(9-14(13)21-2)17-15(18)11-5-3-4-6-12(11)16(17)19/h3-6,8-9H,1-2H3. The largest absolute Gasteiger partial charge is 0.493 e. The number of fused-ring (bicyclic) bond motifs is 1. The molecule has 2 amide bonds. The third-order valence-electron chi connectivity index (χ3n) is 3.34. The molecule has 2 aromatic carbocycles. The van der Waals surface area contributed by atoms with Gasteiger partial charge in [-0.25, -0.2) is 4.90 Å². The zero-order chi connectivity index (χ0) is 15.0. The van der Waals surface area contributed by atoms with E-state index < -0.39 is 0 Å². The quantitative estimate of drug-likeness (QED) is 0.811. The zero-order valence-corrected chi connectivity index (χ0v) is 11.5. The fourth-order valence-corrected chi connectivity index (χ4v) is 2.30. The summed E-state index contributed by atoms with van der Waals surface area (Å²) in [4.78, 5) is 25.8. The SMILES string of the molecule is COc1c[c]c(N2C(=O)c3ccccc3C2=O)cc1OC. The average Bonchev–Trinajstić information content (AvgIpc) is 2.78. The number of carbonyl (C=O) groups is 2. The van der Waals surface area contributed by atoms with Crippen molar-refractivity contribution in [2.45, 2.75) is 0 Å². The molecule has 1 radical (unpaired) electrons. The van der Waals surface area contributed by atoms with Crippen LogP contribution in [0.5, 0.6) is 11.5 Å². The molecule has 0 saturated carbocycles. The number of rotatable bonds is 3. The zero-order valence-electron chi connectivity index (χ0n) is 11.5. The van der Waals surface area contributed by atoms with Gasteiger partial charge in [-0.3, -0.25) is 9.59 Å². The molecule has 0 aliphatic carbocycles. The second kappa shape index (κ2) is 4.94. The predicted octanol–water partition coefficient (Wildman–Crippen LogP) is 2.30. The number of nitrogens with zero attached hydrogens (tertiary/aromatic N) is 1.